The van der Waals surface area contributed by atoms with Gasteiger partial charge in [-0.25, -0.2) is 4.98 Å². The van der Waals surface area contributed by atoms with Gasteiger partial charge in [0.05, 0.1) is 11.1 Å². The van der Waals surface area contributed by atoms with Crippen molar-refractivity contribution in [3.8, 4) is 5.69 Å². The Hall–Kier alpha value is -3.00. The molecule has 8 heteroatoms. The molecule has 0 amide bonds. The van der Waals surface area contributed by atoms with E-state index in [4.69, 9.17) is 0 Å². The number of nitrogens with zero attached hydrogens (tertiary/aromatic N) is 4. The molecule has 0 aliphatic heterocycles. The van der Waals surface area contributed by atoms with E-state index < -0.39 is 4.92 Å². The third kappa shape index (κ3) is 3.80. The largest absolute Gasteiger partial charge is 0.318 e. The van der Waals surface area contributed by atoms with Crippen molar-refractivity contribution in [2.45, 2.75) is 13.8 Å². The quantitative estimate of drug-likeness (QED) is 0.376. The van der Waals surface area contributed by atoms with Crippen molar-refractivity contribution in [1.82, 2.24) is 9.55 Å². The van der Waals surface area contributed by atoms with Gasteiger partial charge in [-0.1, -0.05) is 22.0 Å². The molecule has 0 bridgehead atoms. The van der Waals surface area contributed by atoms with Crippen LogP contribution in [0.4, 0.5) is 11.5 Å². The molecule has 2 heterocycles. The molecule has 3 rings (SSSR count). The van der Waals surface area contributed by atoms with Crippen LogP contribution in [-0.4, -0.2) is 20.7 Å². The molecule has 7 nitrogen and oxygen atoms in total. The number of anilines is 1. The van der Waals surface area contributed by atoms with Crippen molar-refractivity contribution in [2.75, 3.05) is 5.43 Å². The fraction of sp³-hybridized carbons (Fsp3) is 0.111. The number of aryl methyl sites for hydroxylation is 1. The number of aromatic nitrogens is 2. The molecular weight excluding hydrogens is 398 g/mol. The summed E-state index contributed by atoms with van der Waals surface area (Å²) >= 11 is 3.50. The molecule has 0 fully saturated rings. The molecule has 3 aromatic rings. The zero-order chi connectivity index (χ0) is 18.7. The topological polar surface area (TPSA) is 85.3 Å². The van der Waals surface area contributed by atoms with Crippen LogP contribution in [0, 0.1) is 24.0 Å². The molecule has 0 radical (unpaired) electrons. The predicted molar refractivity (Wildman–Crippen MR) is 105 cm³/mol. The third-order valence-corrected chi connectivity index (χ3v) is 4.37. The van der Waals surface area contributed by atoms with Gasteiger partial charge in [-0.3, -0.25) is 15.5 Å². The van der Waals surface area contributed by atoms with Gasteiger partial charge in [0.25, 0.3) is 5.69 Å². The van der Waals surface area contributed by atoms with Gasteiger partial charge in [-0.2, -0.15) is 5.10 Å². The van der Waals surface area contributed by atoms with E-state index in [2.05, 4.69) is 42.1 Å². The van der Waals surface area contributed by atoms with E-state index in [0.717, 1.165) is 27.1 Å². The van der Waals surface area contributed by atoms with Crippen LogP contribution in [0.15, 0.2) is 58.2 Å². The molecule has 2 aromatic heterocycles. The molecule has 1 aromatic carbocycles. The highest BCUT2D eigenvalue weighted by atomic mass is 79.9. The molecule has 0 spiro atoms. The van der Waals surface area contributed by atoms with Crippen LogP contribution in [0.5, 0.6) is 0 Å². The lowest BCUT2D eigenvalue weighted by Gasteiger charge is -2.09. The minimum absolute atomic E-state index is 0.0582. The highest BCUT2D eigenvalue weighted by Gasteiger charge is 2.10. The van der Waals surface area contributed by atoms with Gasteiger partial charge in [0, 0.05) is 33.2 Å². The Bertz CT molecular complexity index is 980. The molecule has 26 heavy (non-hydrogen) atoms. The van der Waals surface area contributed by atoms with Gasteiger partial charge in [-0.15, -0.1) is 0 Å². The number of hydrogen-bond acceptors (Lipinski definition) is 5. The molecule has 0 aliphatic carbocycles. The number of hydrazone groups is 1. The van der Waals surface area contributed by atoms with Gasteiger partial charge >= 0.3 is 0 Å². The van der Waals surface area contributed by atoms with E-state index in [-0.39, 0.29) is 5.69 Å². The average Bonchev–Trinajstić information content (AvgIpc) is 2.89. The molecule has 0 aliphatic rings. The van der Waals surface area contributed by atoms with Gasteiger partial charge < -0.3 is 4.57 Å². The number of halogens is 1. The maximum atomic E-state index is 10.6. The van der Waals surface area contributed by atoms with E-state index in [1.165, 1.54) is 18.3 Å². The molecule has 0 saturated heterocycles. The molecule has 132 valence electrons. The number of hydrogen-bond donors (Lipinski definition) is 1. The Morgan fingerprint density at radius 2 is 2.08 bits per heavy atom. The lowest BCUT2D eigenvalue weighted by atomic mass is 10.2. The van der Waals surface area contributed by atoms with Crippen molar-refractivity contribution in [1.29, 1.82) is 0 Å². The first-order chi connectivity index (χ1) is 12.5. The molecule has 0 atom stereocenters. The Kier molecular flexibility index (Phi) is 5.13. The van der Waals surface area contributed by atoms with E-state index >= 15 is 0 Å². The summed E-state index contributed by atoms with van der Waals surface area (Å²) in [4.78, 5) is 14.1. The Morgan fingerprint density at radius 1 is 1.27 bits per heavy atom. The highest BCUT2D eigenvalue weighted by molar-refractivity contribution is 9.10. The zero-order valence-electron chi connectivity index (χ0n) is 14.2. The van der Waals surface area contributed by atoms with Gasteiger partial charge in [0.2, 0.25) is 0 Å². The fourth-order valence-electron chi connectivity index (χ4n) is 2.66. The second-order valence-electron chi connectivity index (χ2n) is 5.67. The van der Waals surface area contributed by atoms with Gasteiger partial charge in [0.1, 0.15) is 12.0 Å². The van der Waals surface area contributed by atoms with Crippen LogP contribution in [-0.2, 0) is 0 Å². The first kappa shape index (κ1) is 17.8. The van der Waals surface area contributed by atoms with Crippen molar-refractivity contribution in [2.24, 2.45) is 5.10 Å². The first-order valence-corrected chi connectivity index (χ1v) is 8.59. The molecule has 0 saturated carbocycles. The van der Waals surface area contributed by atoms with Crippen LogP contribution in [0.3, 0.4) is 0 Å². The van der Waals surface area contributed by atoms with Crippen LogP contribution in [0.25, 0.3) is 5.69 Å². The minimum Gasteiger partial charge on any atom is -0.318 e. The monoisotopic (exact) mass is 413 g/mol. The highest BCUT2D eigenvalue weighted by Crippen LogP contribution is 2.22. The fourth-order valence-corrected chi connectivity index (χ4v) is 3.05. The summed E-state index contributed by atoms with van der Waals surface area (Å²) in [6.45, 7) is 4.07. The van der Waals surface area contributed by atoms with Crippen molar-refractivity contribution >= 4 is 33.6 Å². The number of pyridine rings is 1. The van der Waals surface area contributed by atoms with E-state index in [1.54, 1.807) is 6.21 Å². The summed E-state index contributed by atoms with van der Waals surface area (Å²) in [5.74, 6) is 0.438. The lowest BCUT2D eigenvalue weighted by molar-refractivity contribution is -0.385. The maximum Gasteiger partial charge on any atom is 0.287 e. The van der Waals surface area contributed by atoms with Crippen molar-refractivity contribution < 1.29 is 4.92 Å². The minimum atomic E-state index is -0.489. The van der Waals surface area contributed by atoms with E-state index in [0.29, 0.717) is 5.82 Å². The Morgan fingerprint density at radius 3 is 2.73 bits per heavy atom. The second-order valence-corrected chi connectivity index (χ2v) is 6.59. The summed E-state index contributed by atoms with van der Waals surface area (Å²) < 4.78 is 3.17. The number of nitrogens with one attached hydrogen (secondary N) is 1. The second kappa shape index (κ2) is 7.49. The number of rotatable bonds is 5. The normalized spacial score (nSPS) is 11.0. The predicted octanol–water partition coefficient (Wildman–Crippen LogP) is 4.61. The summed E-state index contributed by atoms with van der Waals surface area (Å²) in [6, 6.07) is 13.0. The SMILES string of the molecule is Cc1cc(/C=N/Nc2ccc([N+](=O)[O-])cn2)c(C)n1-c1cccc(Br)c1. The molecule has 0 unspecified atom stereocenters. The summed E-state index contributed by atoms with van der Waals surface area (Å²) in [6.07, 6.45) is 2.90. The van der Waals surface area contributed by atoms with E-state index in [9.17, 15) is 10.1 Å². The first-order valence-electron chi connectivity index (χ1n) is 7.80. The van der Waals surface area contributed by atoms with E-state index in [1.807, 2.05) is 38.1 Å². The zero-order valence-corrected chi connectivity index (χ0v) is 15.8. The number of nitro groups is 1. The van der Waals surface area contributed by atoms with Crippen molar-refractivity contribution in [3.05, 3.63) is 80.2 Å². The van der Waals surface area contributed by atoms with Crippen LogP contribution in [0.2, 0.25) is 0 Å². The standard InChI is InChI=1S/C18H16BrN5O2/c1-12-8-14(13(2)23(12)16-5-3-4-15(19)9-16)10-21-22-18-7-6-17(11-20-18)24(25)26/h3-11H,1-2H3,(H,20,22)/b21-10+. The summed E-state index contributed by atoms with van der Waals surface area (Å²) in [5, 5.41) is 14.8. The Labute approximate surface area is 158 Å². The lowest BCUT2D eigenvalue weighted by Crippen LogP contribution is -2.00. The van der Waals surface area contributed by atoms with Crippen LogP contribution >= 0.6 is 15.9 Å². The van der Waals surface area contributed by atoms with Gasteiger partial charge in [0.15, 0.2) is 0 Å². The van der Waals surface area contributed by atoms with Crippen molar-refractivity contribution in [3.63, 3.8) is 0 Å². The van der Waals surface area contributed by atoms with Gasteiger partial charge in [-0.05, 0) is 44.2 Å². The smallest absolute Gasteiger partial charge is 0.287 e. The molecule has 1 N–H and O–H groups in total. The summed E-state index contributed by atoms with van der Waals surface area (Å²) in [7, 11) is 0. The molecular formula is C18H16BrN5O2. The third-order valence-electron chi connectivity index (χ3n) is 3.88. The van der Waals surface area contributed by atoms with Crippen LogP contribution in [0.1, 0.15) is 17.0 Å². The summed E-state index contributed by atoms with van der Waals surface area (Å²) in [5.41, 5.74) is 6.91. The number of benzene rings is 1. The average molecular weight is 414 g/mol. The van der Waals surface area contributed by atoms with Crippen LogP contribution < -0.4 is 5.43 Å². The maximum absolute atomic E-state index is 10.6. The Balaban J connectivity index is 1.79.